The van der Waals surface area contributed by atoms with Crippen molar-refractivity contribution in [3.05, 3.63) is 23.4 Å². The van der Waals surface area contributed by atoms with Crippen LogP contribution in [-0.2, 0) is 6.42 Å². The first-order chi connectivity index (χ1) is 9.98. The van der Waals surface area contributed by atoms with Gasteiger partial charge >= 0.3 is 0 Å². The Balaban J connectivity index is 1.77. The molecule has 1 aromatic rings. The second-order valence-electron chi connectivity index (χ2n) is 6.77. The van der Waals surface area contributed by atoms with E-state index in [0.717, 1.165) is 43.7 Å². The minimum atomic E-state index is 0.0838. The standard InChI is InChI=1S/C16H24N4O/c1-16(2)6-4-11-8-12(9-18-14(11)19-16)15(21)20-7-5-13(10-20)17-3/h8-9,13,17H,4-7,10H2,1-3H3,(H,18,19)/t13-/m0/s1. The van der Waals surface area contributed by atoms with Crippen LogP contribution in [0, 0.1) is 0 Å². The van der Waals surface area contributed by atoms with E-state index < -0.39 is 0 Å². The maximum absolute atomic E-state index is 12.6. The average Bonchev–Trinajstić information content (AvgIpc) is 2.94. The van der Waals surface area contributed by atoms with Gasteiger partial charge in [0.15, 0.2) is 0 Å². The second-order valence-corrected chi connectivity index (χ2v) is 6.77. The summed E-state index contributed by atoms with van der Waals surface area (Å²) in [4.78, 5) is 19.0. The fourth-order valence-electron chi connectivity index (χ4n) is 3.12. The van der Waals surface area contributed by atoms with Crippen molar-refractivity contribution >= 4 is 11.7 Å². The van der Waals surface area contributed by atoms with E-state index in [9.17, 15) is 4.79 Å². The summed E-state index contributed by atoms with van der Waals surface area (Å²) >= 11 is 0. The highest BCUT2D eigenvalue weighted by atomic mass is 16.2. The van der Waals surface area contributed by atoms with Crippen molar-refractivity contribution in [1.29, 1.82) is 0 Å². The normalized spacial score (nSPS) is 23.6. The van der Waals surface area contributed by atoms with Gasteiger partial charge in [-0.2, -0.15) is 0 Å². The van der Waals surface area contributed by atoms with Gasteiger partial charge in [-0.3, -0.25) is 4.79 Å². The quantitative estimate of drug-likeness (QED) is 0.869. The van der Waals surface area contributed by atoms with Gasteiger partial charge in [0, 0.05) is 30.9 Å². The zero-order chi connectivity index (χ0) is 15.0. The summed E-state index contributed by atoms with van der Waals surface area (Å²) in [5.41, 5.74) is 1.96. The molecule has 0 spiro atoms. The summed E-state index contributed by atoms with van der Waals surface area (Å²) in [5, 5.41) is 6.68. The van der Waals surface area contributed by atoms with E-state index in [4.69, 9.17) is 0 Å². The minimum absolute atomic E-state index is 0.0838. The Morgan fingerprint density at radius 3 is 3.05 bits per heavy atom. The maximum atomic E-state index is 12.6. The first-order valence-corrected chi connectivity index (χ1v) is 7.72. The number of nitrogens with one attached hydrogen (secondary N) is 2. The highest BCUT2D eigenvalue weighted by Crippen LogP contribution is 2.29. The molecule has 5 heteroatoms. The van der Waals surface area contributed by atoms with Crippen LogP contribution in [0.15, 0.2) is 12.3 Å². The number of aromatic nitrogens is 1. The van der Waals surface area contributed by atoms with Crippen molar-refractivity contribution in [3.8, 4) is 0 Å². The SMILES string of the molecule is CN[C@H]1CCN(C(=O)c2cnc3c(c2)CCC(C)(C)N3)C1. The smallest absolute Gasteiger partial charge is 0.255 e. The fraction of sp³-hybridized carbons (Fsp3) is 0.625. The Hall–Kier alpha value is -1.62. The number of fused-ring (bicyclic) bond motifs is 1. The van der Waals surface area contributed by atoms with Crippen molar-refractivity contribution in [2.75, 3.05) is 25.5 Å². The number of hydrogen-bond donors (Lipinski definition) is 2. The van der Waals surface area contributed by atoms with Gasteiger partial charge in [-0.05, 0) is 51.8 Å². The summed E-state index contributed by atoms with van der Waals surface area (Å²) in [6.07, 6.45) is 4.77. The van der Waals surface area contributed by atoms with Gasteiger partial charge in [0.1, 0.15) is 5.82 Å². The Morgan fingerprint density at radius 2 is 2.33 bits per heavy atom. The Morgan fingerprint density at radius 1 is 1.52 bits per heavy atom. The van der Waals surface area contributed by atoms with Gasteiger partial charge < -0.3 is 15.5 Å². The Kier molecular flexibility index (Phi) is 3.61. The molecule has 1 saturated heterocycles. The lowest BCUT2D eigenvalue weighted by atomic mass is 9.91. The van der Waals surface area contributed by atoms with Crippen LogP contribution >= 0.6 is 0 Å². The summed E-state index contributed by atoms with van der Waals surface area (Å²) < 4.78 is 0. The number of pyridine rings is 1. The lowest BCUT2D eigenvalue weighted by Crippen LogP contribution is -2.36. The van der Waals surface area contributed by atoms with Crippen molar-refractivity contribution in [3.63, 3.8) is 0 Å². The van der Waals surface area contributed by atoms with Crippen LogP contribution in [0.3, 0.4) is 0 Å². The largest absolute Gasteiger partial charge is 0.365 e. The van der Waals surface area contributed by atoms with Gasteiger partial charge in [0.05, 0.1) is 5.56 Å². The number of carbonyl (C=O) groups excluding carboxylic acids is 1. The molecule has 0 bridgehead atoms. The molecule has 1 fully saturated rings. The molecule has 0 saturated carbocycles. The highest BCUT2D eigenvalue weighted by Gasteiger charge is 2.28. The molecule has 0 radical (unpaired) electrons. The third-order valence-corrected chi connectivity index (χ3v) is 4.57. The molecule has 2 aliphatic rings. The number of likely N-dealkylation sites (tertiary alicyclic amines) is 1. The first kappa shape index (κ1) is 14.3. The average molecular weight is 288 g/mol. The van der Waals surface area contributed by atoms with Gasteiger partial charge in [0.2, 0.25) is 0 Å². The summed E-state index contributed by atoms with van der Waals surface area (Å²) in [6, 6.07) is 2.43. The molecule has 1 atom stereocenters. The highest BCUT2D eigenvalue weighted by molar-refractivity contribution is 5.94. The molecule has 21 heavy (non-hydrogen) atoms. The van der Waals surface area contributed by atoms with Crippen molar-refractivity contribution in [2.45, 2.75) is 44.7 Å². The number of anilines is 1. The number of aryl methyl sites for hydroxylation is 1. The minimum Gasteiger partial charge on any atom is -0.365 e. The summed E-state index contributed by atoms with van der Waals surface area (Å²) in [7, 11) is 1.95. The van der Waals surface area contributed by atoms with Crippen molar-refractivity contribution in [1.82, 2.24) is 15.2 Å². The van der Waals surface area contributed by atoms with Gasteiger partial charge in [-0.25, -0.2) is 4.98 Å². The van der Waals surface area contributed by atoms with E-state index in [0.29, 0.717) is 11.6 Å². The van der Waals surface area contributed by atoms with E-state index in [1.165, 1.54) is 0 Å². The van der Waals surface area contributed by atoms with E-state index in [1.54, 1.807) is 6.20 Å². The molecule has 5 nitrogen and oxygen atoms in total. The van der Waals surface area contributed by atoms with Crippen LogP contribution in [-0.4, -0.2) is 47.5 Å². The molecule has 0 aliphatic carbocycles. The number of hydrogen-bond acceptors (Lipinski definition) is 4. The number of likely N-dealkylation sites (N-methyl/N-ethyl adjacent to an activating group) is 1. The van der Waals surface area contributed by atoms with Crippen molar-refractivity contribution < 1.29 is 4.79 Å². The van der Waals surface area contributed by atoms with Crippen LogP contribution in [0.2, 0.25) is 0 Å². The zero-order valence-electron chi connectivity index (χ0n) is 13.1. The molecule has 0 aromatic carbocycles. The second kappa shape index (κ2) is 5.30. The molecule has 0 unspecified atom stereocenters. The monoisotopic (exact) mass is 288 g/mol. The molecular formula is C16H24N4O. The molecule has 3 rings (SSSR count). The maximum Gasteiger partial charge on any atom is 0.255 e. The Labute approximate surface area is 126 Å². The van der Waals surface area contributed by atoms with E-state index in [-0.39, 0.29) is 11.4 Å². The molecular weight excluding hydrogens is 264 g/mol. The predicted molar refractivity (Wildman–Crippen MR) is 83.6 cm³/mol. The zero-order valence-corrected chi connectivity index (χ0v) is 13.1. The lowest BCUT2D eigenvalue weighted by molar-refractivity contribution is 0.0789. The van der Waals surface area contributed by atoms with Crippen LogP contribution in [0.25, 0.3) is 0 Å². The topological polar surface area (TPSA) is 57.3 Å². The molecule has 114 valence electrons. The van der Waals surface area contributed by atoms with Crippen LogP contribution < -0.4 is 10.6 Å². The third-order valence-electron chi connectivity index (χ3n) is 4.57. The number of nitrogens with zero attached hydrogens (tertiary/aromatic N) is 2. The van der Waals surface area contributed by atoms with Gasteiger partial charge in [0.25, 0.3) is 5.91 Å². The third kappa shape index (κ3) is 2.88. The number of amides is 1. The summed E-state index contributed by atoms with van der Waals surface area (Å²) in [5.74, 6) is 1.03. The molecule has 2 aliphatic heterocycles. The Bertz CT molecular complexity index is 555. The van der Waals surface area contributed by atoms with E-state index >= 15 is 0 Å². The van der Waals surface area contributed by atoms with Gasteiger partial charge in [-0.1, -0.05) is 0 Å². The fourth-order valence-corrected chi connectivity index (χ4v) is 3.12. The van der Waals surface area contributed by atoms with Crippen LogP contribution in [0.5, 0.6) is 0 Å². The molecule has 1 amide bonds. The molecule has 3 heterocycles. The number of rotatable bonds is 2. The van der Waals surface area contributed by atoms with Crippen molar-refractivity contribution in [2.24, 2.45) is 0 Å². The van der Waals surface area contributed by atoms with E-state index in [2.05, 4.69) is 29.5 Å². The van der Waals surface area contributed by atoms with E-state index in [1.807, 2.05) is 18.0 Å². The molecule has 2 N–H and O–H groups in total. The lowest BCUT2D eigenvalue weighted by Gasteiger charge is -2.33. The van der Waals surface area contributed by atoms with Crippen LogP contribution in [0.1, 0.15) is 42.6 Å². The number of carbonyl (C=O) groups is 1. The summed E-state index contributed by atoms with van der Waals surface area (Å²) in [6.45, 7) is 5.97. The first-order valence-electron chi connectivity index (χ1n) is 7.72. The van der Waals surface area contributed by atoms with Crippen LogP contribution in [0.4, 0.5) is 5.82 Å². The molecule has 1 aromatic heterocycles. The predicted octanol–water partition coefficient (Wildman–Crippen LogP) is 1.65. The van der Waals surface area contributed by atoms with Gasteiger partial charge in [-0.15, -0.1) is 0 Å².